The molecule has 0 saturated heterocycles. The normalized spacial score (nSPS) is 11.1. The van der Waals surface area contributed by atoms with Gasteiger partial charge in [0.25, 0.3) is 0 Å². The minimum absolute atomic E-state index is 0. The van der Waals surface area contributed by atoms with Gasteiger partial charge in [0.2, 0.25) is 5.89 Å². The van der Waals surface area contributed by atoms with Gasteiger partial charge in [0.1, 0.15) is 12.4 Å². The zero-order chi connectivity index (χ0) is 20.2. The second-order valence-corrected chi connectivity index (χ2v) is 6.26. The van der Waals surface area contributed by atoms with Gasteiger partial charge in [0.05, 0.1) is 13.2 Å². The molecule has 8 nitrogen and oxygen atoms in total. The fourth-order valence-corrected chi connectivity index (χ4v) is 2.52. The van der Waals surface area contributed by atoms with Crippen LogP contribution >= 0.6 is 24.0 Å². The fourth-order valence-electron chi connectivity index (χ4n) is 2.52. The van der Waals surface area contributed by atoms with Crippen LogP contribution in [0.3, 0.4) is 0 Å². The lowest BCUT2D eigenvalue weighted by atomic mass is 10.1. The Hall–Kier alpha value is -1.88. The van der Waals surface area contributed by atoms with Crippen molar-refractivity contribution in [1.29, 1.82) is 0 Å². The average Bonchev–Trinajstić information content (AvgIpc) is 3.09. The van der Waals surface area contributed by atoms with E-state index in [1.807, 2.05) is 33.8 Å². The maximum Gasteiger partial charge on any atom is 0.228 e. The van der Waals surface area contributed by atoms with E-state index in [-0.39, 0.29) is 24.0 Å². The average molecular weight is 517 g/mol. The van der Waals surface area contributed by atoms with Gasteiger partial charge in [-0.25, -0.2) is 4.99 Å². The van der Waals surface area contributed by atoms with Crippen molar-refractivity contribution in [2.75, 3.05) is 32.9 Å². The van der Waals surface area contributed by atoms with Gasteiger partial charge in [-0.15, -0.1) is 24.0 Å². The summed E-state index contributed by atoms with van der Waals surface area (Å²) in [5, 5.41) is 10.3. The van der Waals surface area contributed by atoms with Crippen LogP contribution in [0.2, 0.25) is 0 Å². The number of benzene rings is 1. The van der Waals surface area contributed by atoms with Crippen molar-refractivity contribution >= 4 is 29.9 Å². The molecule has 0 amide bonds. The molecule has 1 aromatic heterocycles. The SMILES string of the molecule is CCNC(=NCc1ccc(C)cc1OCCOCC)NCCc1nc(C)no1.I. The Labute approximate surface area is 189 Å². The van der Waals surface area contributed by atoms with E-state index < -0.39 is 0 Å². The zero-order valence-electron chi connectivity index (χ0n) is 17.7. The van der Waals surface area contributed by atoms with Crippen LogP contribution in [0.25, 0.3) is 0 Å². The number of nitrogens with zero attached hydrogens (tertiary/aromatic N) is 3. The van der Waals surface area contributed by atoms with Gasteiger partial charge < -0.3 is 24.6 Å². The minimum atomic E-state index is 0. The van der Waals surface area contributed by atoms with E-state index in [4.69, 9.17) is 14.0 Å². The number of halogens is 1. The lowest BCUT2D eigenvalue weighted by molar-refractivity contribution is 0.110. The van der Waals surface area contributed by atoms with Crippen molar-refractivity contribution in [3.8, 4) is 5.75 Å². The smallest absolute Gasteiger partial charge is 0.228 e. The van der Waals surface area contributed by atoms with E-state index in [2.05, 4.69) is 37.9 Å². The fraction of sp³-hybridized carbons (Fsp3) is 0.550. The van der Waals surface area contributed by atoms with E-state index in [0.717, 1.165) is 29.4 Å². The van der Waals surface area contributed by atoms with Crippen molar-refractivity contribution in [3.05, 3.63) is 41.0 Å². The molecule has 0 unspecified atom stereocenters. The molecular formula is C20H32IN5O3. The second-order valence-electron chi connectivity index (χ2n) is 6.26. The van der Waals surface area contributed by atoms with Crippen LogP contribution in [0, 0.1) is 13.8 Å². The maximum atomic E-state index is 5.89. The first kappa shape index (κ1) is 25.2. The van der Waals surface area contributed by atoms with Crippen LogP contribution in [0.4, 0.5) is 0 Å². The summed E-state index contributed by atoms with van der Waals surface area (Å²) in [6.45, 7) is 11.6. The summed E-state index contributed by atoms with van der Waals surface area (Å²) >= 11 is 0. The van der Waals surface area contributed by atoms with Crippen molar-refractivity contribution in [1.82, 2.24) is 20.8 Å². The number of hydrogen-bond donors (Lipinski definition) is 2. The van der Waals surface area contributed by atoms with Crippen molar-refractivity contribution in [2.24, 2.45) is 4.99 Å². The van der Waals surface area contributed by atoms with Crippen molar-refractivity contribution in [2.45, 2.75) is 40.7 Å². The molecule has 0 aliphatic rings. The van der Waals surface area contributed by atoms with Gasteiger partial charge in [0, 0.05) is 31.7 Å². The molecule has 9 heteroatoms. The van der Waals surface area contributed by atoms with Crippen LogP contribution in [0.1, 0.15) is 36.7 Å². The molecule has 2 rings (SSSR count). The molecule has 0 saturated carbocycles. The van der Waals surface area contributed by atoms with E-state index in [1.165, 1.54) is 0 Å². The number of nitrogens with one attached hydrogen (secondary N) is 2. The molecule has 2 N–H and O–H groups in total. The topological polar surface area (TPSA) is 93.8 Å². The molecule has 162 valence electrons. The summed E-state index contributed by atoms with van der Waals surface area (Å²) in [6.07, 6.45) is 0.640. The number of aromatic nitrogens is 2. The predicted molar refractivity (Wildman–Crippen MR) is 124 cm³/mol. The summed E-state index contributed by atoms with van der Waals surface area (Å²) in [7, 11) is 0. The van der Waals surface area contributed by atoms with E-state index in [0.29, 0.717) is 51.0 Å². The third-order valence-electron chi connectivity index (χ3n) is 3.86. The quantitative estimate of drug-likeness (QED) is 0.205. The van der Waals surface area contributed by atoms with Crippen LogP contribution in [0.15, 0.2) is 27.7 Å². The zero-order valence-corrected chi connectivity index (χ0v) is 20.0. The van der Waals surface area contributed by atoms with Crippen LogP contribution in [0.5, 0.6) is 5.75 Å². The number of ether oxygens (including phenoxy) is 2. The van der Waals surface area contributed by atoms with Gasteiger partial charge in [-0.3, -0.25) is 0 Å². The summed E-state index contributed by atoms with van der Waals surface area (Å²) in [6, 6.07) is 6.16. The second kappa shape index (κ2) is 14.2. The van der Waals surface area contributed by atoms with Gasteiger partial charge in [-0.05, 0) is 39.3 Å². The number of aryl methyl sites for hydroxylation is 2. The minimum Gasteiger partial charge on any atom is -0.491 e. The van der Waals surface area contributed by atoms with Gasteiger partial charge in [-0.2, -0.15) is 4.98 Å². The Morgan fingerprint density at radius 3 is 2.69 bits per heavy atom. The molecule has 0 bridgehead atoms. The van der Waals surface area contributed by atoms with E-state index in [1.54, 1.807) is 0 Å². The molecular weight excluding hydrogens is 485 g/mol. The summed E-state index contributed by atoms with van der Waals surface area (Å²) in [5.41, 5.74) is 2.19. The van der Waals surface area contributed by atoms with Crippen molar-refractivity contribution in [3.63, 3.8) is 0 Å². The summed E-state index contributed by atoms with van der Waals surface area (Å²) < 4.78 is 16.4. The molecule has 0 aliphatic carbocycles. The van der Waals surface area contributed by atoms with E-state index >= 15 is 0 Å². The molecule has 2 aromatic rings. The maximum absolute atomic E-state index is 5.89. The van der Waals surface area contributed by atoms with Gasteiger partial charge in [0.15, 0.2) is 11.8 Å². The Bertz CT molecular complexity index is 751. The first-order valence-corrected chi connectivity index (χ1v) is 9.73. The molecule has 0 aliphatic heterocycles. The third kappa shape index (κ3) is 9.44. The first-order valence-electron chi connectivity index (χ1n) is 9.73. The highest BCUT2D eigenvalue weighted by Crippen LogP contribution is 2.21. The lowest BCUT2D eigenvalue weighted by Crippen LogP contribution is -2.38. The molecule has 1 aromatic carbocycles. The van der Waals surface area contributed by atoms with Crippen LogP contribution in [-0.2, 0) is 17.7 Å². The third-order valence-corrected chi connectivity index (χ3v) is 3.86. The van der Waals surface area contributed by atoms with E-state index in [9.17, 15) is 0 Å². The van der Waals surface area contributed by atoms with Crippen molar-refractivity contribution < 1.29 is 14.0 Å². The Morgan fingerprint density at radius 1 is 1.17 bits per heavy atom. The van der Waals surface area contributed by atoms with Gasteiger partial charge in [-0.1, -0.05) is 17.3 Å². The Morgan fingerprint density at radius 2 is 2.00 bits per heavy atom. The summed E-state index contributed by atoms with van der Waals surface area (Å²) in [5.74, 6) is 2.84. The molecule has 0 spiro atoms. The standard InChI is InChI=1S/C20H31N5O3.HI/c1-5-21-20(22-10-9-19-24-16(4)25-28-19)23-14-17-8-7-15(3)13-18(17)27-12-11-26-6-2;/h7-8,13H,5-6,9-12,14H2,1-4H3,(H2,21,22,23);1H. The predicted octanol–water partition coefficient (Wildman–Crippen LogP) is 3.02. The molecule has 0 fully saturated rings. The monoisotopic (exact) mass is 517 g/mol. The number of aliphatic imine (C=N–C) groups is 1. The lowest BCUT2D eigenvalue weighted by Gasteiger charge is -2.13. The molecule has 29 heavy (non-hydrogen) atoms. The Balaban J connectivity index is 0.00000420. The summed E-state index contributed by atoms with van der Waals surface area (Å²) in [4.78, 5) is 8.88. The highest BCUT2D eigenvalue weighted by molar-refractivity contribution is 14.0. The largest absolute Gasteiger partial charge is 0.491 e. The first-order chi connectivity index (χ1) is 13.6. The molecule has 0 atom stereocenters. The van der Waals surface area contributed by atoms with Crippen LogP contribution in [-0.4, -0.2) is 49.0 Å². The molecule has 0 radical (unpaired) electrons. The van der Waals surface area contributed by atoms with Crippen LogP contribution < -0.4 is 15.4 Å². The highest BCUT2D eigenvalue weighted by Gasteiger charge is 2.06. The van der Waals surface area contributed by atoms with Gasteiger partial charge >= 0.3 is 0 Å². The molecule has 1 heterocycles. The number of hydrogen-bond acceptors (Lipinski definition) is 6. The number of rotatable bonds is 11. The highest BCUT2D eigenvalue weighted by atomic mass is 127. The Kier molecular flexibility index (Phi) is 12.3. The number of guanidine groups is 1.